The maximum atomic E-state index is 10.9. The molecule has 0 aliphatic carbocycles. The summed E-state index contributed by atoms with van der Waals surface area (Å²) in [6.07, 6.45) is 1.38. The summed E-state index contributed by atoms with van der Waals surface area (Å²) in [5.74, 6) is -0.344. The van der Waals surface area contributed by atoms with Crippen LogP contribution in [0.4, 0.5) is 5.69 Å². The highest BCUT2D eigenvalue weighted by atomic mass is 35.5. The Bertz CT molecular complexity index is 369. The molecular weight excluding hydrogens is 196 g/mol. The first-order valence-electron chi connectivity index (χ1n) is 3.48. The number of ether oxygens (including phenoxy) is 1. The van der Waals surface area contributed by atoms with Crippen molar-refractivity contribution in [2.45, 2.75) is 0 Å². The highest BCUT2D eigenvalue weighted by Gasteiger charge is 2.25. The van der Waals surface area contributed by atoms with Crippen molar-refractivity contribution < 1.29 is 14.7 Å². The van der Waals surface area contributed by atoms with E-state index in [4.69, 9.17) is 16.3 Å². The summed E-state index contributed by atoms with van der Waals surface area (Å²) < 4.78 is 4.94. The lowest BCUT2D eigenvalue weighted by Gasteiger charge is -2.22. The molecule has 5 nitrogen and oxygen atoms in total. The van der Waals surface area contributed by atoms with Gasteiger partial charge in [-0.05, 0) is 6.07 Å². The molecule has 2 rings (SSSR count). The predicted octanol–water partition coefficient (Wildman–Crippen LogP) is 0.850. The third-order valence-electron chi connectivity index (χ3n) is 1.60. The number of fused-ring (bicyclic) bond motifs is 1. The molecule has 0 unspecified atom stereocenters. The molecule has 1 aromatic rings. The Hall–Kier alpha value is -1.33. The van der Waals surface area contributed by atoms with E-state index in [1.807, 2.05) is 0 Å². The summed E-state index contributed by atoms with van der Waals surface area (Å²) in [6.45, 7) is -0.210. The lowest BCUT2D eigenvalue weighted by Crippen LogP contribution is -2.36. The van der Waals surface area contributed by atoms with Gasteiger partial charge in [0.15, 0.2) is 6.61 Å². The van der Waals surface area contributed by atoms with Crippen molar-refractivity contribution in [3.05, 3.63) is 17.3 Å². The molecule has 13 heavy (non-hydrogen) atoms. The van der Waals surface area contributed by atoms with Gasteiger partial charge < -0.3 is 4.74 Å². The fraction of sp³-hybridized carbons (Fsp3) is 0.143. The number of pyridine rings is 1. The molecule has 0 bridgehead atoms. The summed E-state index contributed by atoms with van der Waals surface area (Å²) in [5.41, 5.74) is 0.170. The van der Waals surface area contributed by atoms with Gasteiger partial charge in [0.1, 0.15) is 5.69 Å². The Morgan fingerprint density at radius 1 is 1.69 bits per heavy atom. The molecule has 1 aromatic heterocycles. The largest absolute Gasteiger partial charge is 0.466 e. The van der Waals surface area contributed by atoms with E-state index in [2.05, 4.69) is 4.98 Å². The molecule has 0 radical (unpaired) electrons. The Morgan fingerprint density at radius 2 is 2.46 bits per heavy atom. The molecule has 68 valence electrons. The van der Waals surface area contributed by atoms with Crippen LogP contribution in [0, 0.1) is 0 Å². The number of carbonyl (C=O) groups excluding carboxylic acids is 1. The number of nitrogens with zero attached hydrogens (tertiary/aromatic N) is 2. The van der Waals surface area contributed by atoms with Gasteiger partial charge in [0, 0.05) is 6.20 Å². The lowest BCUT2D eigenvalue weighted by atomic mass is 10.3. The maximum absolute atomic E-state index is 10.9. The average Bonchev–Trinajstić information content (AvgIpc) is 2.12. The van der Waals surface area contributed by atoms with Gasteiger partial charge in [-0.15, -0.1) is 0 Å². The zero-order valence-corrected chi connectivity index (χ0v) is 7.15. The van der Waals surface area contributed by atoms with Crippen LogP contribution in [0.2, 0.25) is 5.02 Å². The predicted molar refractivity (Wildman–Crippen MR) is 44.0 cm³/mol. The molecule has 2 heterocycles. The van der Waals surface area contributed by atoms with E-state index in [0.29, 0.717) is 10.1 Å². The number of hydrogen-bond acceptors (Lipinski definition) is 4. The van der Waals surface area contributed by atoms with Gasteiger partial charge in [-0.1, -0.05) is 11.6 Å². The minimum Gasteiger partial charge on any atom is -0.466 e. The standard InChI is InChI=1S/C7H5ClN2O3/c8-4-1-5-7(9-2-4)13-3-6(11)10(5)12/h1-2,12H,3H2. The topological polar surface area (TPSA) is 62.7 Å². The van der Waals surface area contributed by atoms with Crippen LogP contribution in [0.15, 0.2) is 12.3 Å². The number of hydrogen-bond donors (Lipinski definition) is 1. The zero-order chi connectivity index (χ0) is 9.42. The first-order valence-corrected chi connectivity index (χ1v) is 3.86. The van der Waals surface area contributed by atoms with Crippen LogP contribution in [0.5, 0.6) is 5.88 Å². The van der Waals surface area contributed by atoms with Crippen molar-refractivity contribution in [3.8, 4) is 5.88 Å². The van der Waals surface area contributed by atoms with Gasteiger partial charge in [0.2, 0.25) is 5.88 Å². The first-order chi connectivity index (χ1) is 6.18. The fourth-order valence-electron chi connectivity index (χ4n) is 1.00. The van der Waals surface area contributed by atoms with E-state index in [1.54, 1.807) is 0 Å². The van der Waals surface area contributed by atoms with Crippen LogP contribution >= 0.6 is 11.6 Å². The molecule has 1 aliphatic heterocycles. The van der Waals surface area contributed by atoms with Crippen LogP contribution in [-0.4, -0.2) is 22.7 Å². The Balaban J connectivity index is 2.51. The molecule has 1 amide bonds. The second-order valence-electron chi connectivity index (χ2n) is 2.47. The maximum Gasteiger partial charge on any atom is 0.288 e. The van der Waals surface area contributed by atoms with Gasteiger partial charge in [-0.2, -0.15) is 5.06 Å². The number of hydroxylamine groups is 1. The van der Waals surface area contributed by atoms with Gasteiger partial charge in [0.05, 0.1) is 5.02 Å². The van der Waals surface area contributed by atoms with Gasteiger partial charge in [0.25, 0.3) is 5.91 Å². The second kappa shape index (κ2) is 2.86. The molecule has 0 spiro atoms. The van der Waals surface area contributed by atoms with Gasteiger partial charge >= 0.3 is 0 Å². The van der Waals surface area contributed by atoms with Gasteiger partial charge in [-0.25, -0.2) is 4.98 Å². The molecule has 0 fully saturated rings. The summed E-state index contributed by atoms with van der Waals surface area (Å²) >= 11 is 5.62. The number of aromatic nitrogens is 1. The Morgan fingerprint density at radius 3 is 3.23 bits per heavy atom. The van der Waals surface area contributed by atoms with Crippen molar-refractivity contribution in [1.29, 1.82) is 0 Å². The van der Waals surface area contributed by atoms with Crippen molar-refractivity contribution in [2.75, 3.05) is 11.7 Å². The number of anilines is 1. The van der Waals surface area contributed by atoms with Crippen LogP contribution in [0.1, 0.15) is 0 Å². The SMILES string of the molecule is O=C1COc2ncc(Cl)cc2N1O. The fourth-order valence-corrected chi connectivity index (χ4v) is 1.16. The van der Waals surface area contributed by atoms with Gasteiger partial charge in [-0.3, -0.25) is 10.0 Å². The summed E-state index contributed by atoms with van der Waals surface area (Å²) in [5, 5.41) is 10.1. The van der Waals surface area contributed by atoms with Crippen molar-refractivity contribution >= 4 is 23.2 Å². The van der Waals surface area contributed by atoms with Crippen LogP contribution < -0.4 is 9.80 Å². The van der Waals surface area contributed by atoms with E-state index in [-0.39, 0.29) is 18.2 Å². The highest BCUT2D eigenvalue weighted by molar-refractivity contribution is 6.30. The Labute approximate surface area is 78.5 Å². The molecule has 0 atom stereocenters. The molecular formula is C7H5ClN2O3. The molecule has 1 aliphatic rings. The van der Waals surface area contributed by atoms with Crippen LogP contribution in [-0.2, 0) is 4.79 Å². The zero-order valence-electron chi connectivity index (χ0n) is 6.40. The van der Waals surface area contributed by atoms with E-state index < -0.39 is 5.91 Å². The minimum absolute atomic E-state index is 0.170. The van der Waals surface area contributed by atoms with E-state index in [0.717, 1.165) is 0 Å². The summed E-state index contributed by atoms with van der Waals surface area (Å²) in [6, 6.07) is 1.40. The van der Waals surface area contributed by atoms with Crippen molar-refractivity contribution in [1.82, 2.24) is 4.98 Å². The summed E-state index contributed by atoms with van der Waals surface area (Å²) in [4.78, 5) is 14.7. The molecule has 1 N–H and O–H groups in total. The van der Waals surface area contributed by atoms with E-state index in [9.17, 15) is 10.0 Å². The number of rotatable bonds is 0. The molecule has 0 saturated heterocycles. The minimum atomic E-state index is -0.545. The quantitative estimate of drug-likeness (QED) is 0.631. The number of carbonyl (C=O) groups is 1. The van der Waals surface area contributed by atoms with Crippen molar-refractivity contribution in [2.24, 2.45) is 0 Å². The second-order valence-corrected chi connectivity index (χ2v) is 2.91. The Kier molecular flexibility index (Phi) is 1.82. The number of amides is 1. The monoisotopic (exact) mass is 200 g/mol. The smallest absolute Gasteiger partial charge is 0.288 e. The van der Waals surface area contributed by atoms with Crippen LogP contribution in [0.3, 0.4) is 0 Å². The molecule has 6 heteroatoms. The number of halogens is 1. The van der Waals surface area contributed by atoms with E-state index in [1.165, 1.54) is 12.3 Å². The first kappa shape index (κ1) is 8.28. The lowest BCUT2D eigenvalue weighted by molar-refractivity contribution is -0.126. The average molecular weight is 201 g/mol. The summed E-state index contributed by atoms with van der Waals surface area (Å²) in [7, 11) is 0. The highest BCUT2D eigenvalue weighted by Crippen LogP contribution is 2.30. The van der Waals surface area contributed by atoms with Crippen LogP contribution in [0.25, 0.3) is 0 Å². The third kappa shape index (κ3) is 1.32. The normalized spacial score (nSPS) is 15.2. The van der Waals surface area contributed by atoms with Crippen molar-refractivity contribution in [3.63, 3.8) is 0 Å². The van der Waals surface area contributed by atoms with E-state index >= 15 is 0 Å². The third-order valence-corrected chi connectivity index (χ3v) is 1.80. The molecule has 0 saturated carbocycles. The molecule has 0 aromatic carbocycles.